The minimum absolute atomic E-state index is 0.123. The molecule has 8 nitrogen and oxygen atoms in total. The number of carbonyl (C=O) groups is 2. The number of benzene rings is 4. The van der Waals surface area contributed by atoms with Crippen LogP contribution in [0.25, 0.3) is 10.8 Å². The van der Waals surface area contributed by atoms with Crippen LogP contribution < -0.4 is 14.8 Å². The fraction of sp³-hybridized carbons (Fsp3) is 0.161. The number of phenols is 1. The highest BCUT2D eigenvalue weighted by Crippen LogP contribution is 2.35. The van der Waals surface area contributed by atoms with Gasteiger partial charge >= 0.3 is 12.1 Å². The Kier molecular flexibility index (Phi) is 9.03. The summed E-state index contributed by atoms with van der Waals surface area (Å²) < 4.78 is 17.4. The second kappa shape index (κ2) is 13.0. The van der Waals surface area contributed by atoms with Crippen LogP contribution in [0, 0.1) is 0 Å². The van der Waals surface area contributed by atoms with Gasteiger partial charge in [0.1, 0.15) is 11.9 Å². The van der Waals surface area contributed by atoms with Crippen LogP contribution in [0.15, 0.2) is 103 Å². The van der Waals surface area contributed by atoms with Crippen LogP contribution in [0.4, 0.5) is 10.5 Å². The average molecular weight is 528 g/mol. The van der Waals surface area contributed by atoms with Gasteiger partial charge in [-0.05, 0) is 48.6 Å². The predicted molar refractivity (Wildman–Crippen MR) is 148 cm³/mol. The maximum atomic E-state index is 13.3. The Bertz CT molecular complexity index is 1450. The third-order valence-corrected chi connectivity index (χ3v) is 6.04. The van der Waals surface area contributed by atoms with Crippen molar-refractivity contribution in [2.24, 2.45) is 0 Å². The Labute approximate surface area is 226 Å². The van der Waals surface area contributed by atoms with Crippen molar-refractivity contribution >= 4 is 28.5 Å². The van der Waals surface area contributed by atoms with Gasteiger partial charge in [-0.25, -0.2) is 9.59 Å². The number of hydrogen-bond donors (Lipinski definition) is 3. The molecule has 2 atom stereocenters. The van der Waals surface area contributed by atoms with Crippen molar-refractivity contribution in [1.29, 1.82) is 0 Å². The van der Waals surface area contributed by atoms with Crippen LogP contribution >= 0.6 is 0 Å². The van der Waals surface area contributed by atoms with Gasteiger partial charge in [-0.3, -0.25) is 5.32 Å². The first kappa shape index (κ1) is 27.1. The summed E-state index contributed by atoms with van der Waals surface area (Å²) in [5.74, 6) is -0.367. The summed E-state index contributed by atoms with van der Waals surface area (Å²) in [6, 6.07) is 27.0. The molecule has 3 N–H and O–H groups in total. The molecule has 0 bridgehead atoms. The normalized spacial score (nSPS) is 12.5. The SMILES string of the molecule is COc1ccc([C@H](OC(=O)Nc2cccc3ccccc23)[C@H](CC/C=C/C(=O)O)Oc2ccccc2)cc1O. The summed E-state index contributed by atoms with van der Waals surface area (Å²) in [5.41, 5.74) is 1.06. The standard InChI is InChI=1S/C31H29NO7/c1-37-27-19-18-22(20-26(27)33)30(28(16-7-8-17-29(34)35)38-23-12-3-2-4-13-23)39-31(36)32-25-15-9-11-21-10-5-6-14-24(21)25/h2-6,8-15,17-20,28,30,33H,7,16H2,1H3,(H,32,36)(H,34,35)/b17-8+/t28-,30-/m0/s1. The van der Waals surface area contributed by atoms with Crippen LogP contribution in [-0.4, -0.2) is 35.5 Å². The van der Waals surface area contributed by atoms with Crippen LogP contribution in [0.3, 0.4) is 0 Å². The molecular weight excluding hydrogens is 498 g/mol. The molecule has 0 fully saturated rings. The van der Waals surface area contributed by atoms with Crippen molar-refractivity contribution in [2.75, 3.05) is 12.4 Å². The molecule has 200 valence electrons. The number of amides is 1. The molecule has 0 aliphatic rings. The van der Waals surface area contributed by atoms with Gasteiger partial charge in [0.2, 0.25) is 0 Å². The molecule has 4 aromatic carbocycles. The summed E-state index contributed by atoms with van der Waals surface area (Å²) in [6.07, 6.45) is 0.833. The number of allylic oxidation sites excluding steroid dienone is 1. The summed E-state index contributed by atoms with van der Waals surface area (Å²) in [6.45, 7) is 0. The molecule has 0 unspecified atom stereocenters. The molecule has 0 radical (unpaired) electrons. The van der Waals surface area contributed by atoms with Crippen molar-refractivity contribution in [3.63, 3.8) is 0 Å². The van der Waals surface area contributed by atoms with Crippen LogP contribution in [-0.2, 0) is 9.53 Å². The number of rotatable bonds is 11. The number of carboxylic acids is 1. The predicted octanol–water partition coefficient (Wildman–Crippen LogP) is 6.71. The maximum Gasteiger partial charge on any atom is 0.412 e. The smallest absolute Gasteiger partial charge is 0.412 e. The molecule has 39 heavy (non-hydrogen) atoms. The molecular formula is C31H29NO7. The number of ether oxygens (including phenoxy) is 3. The number of aliphatic carboxylic acids is 1. The minimum Gasteiger partial charge on any atom is -0.504 e. The molecule has 4 aromatic rings. The van der Waals surface area contributed by atoms with E-state index in [2.05, 4.69) is 5.32 Å². The van der Waals surface area contributed by atoms with E-state index in [4.69, 9.17) is 19.3 Å². The van der Waals surface area contributed by atoms with Crippen LogP contribution in [0.2, 0.25) is 0 Å². The van der Waals surface area contributed by atoms with E-state index >= 15 is 0 Å². The van der Waals surface area contributed by atoms with Gasteiger partial charge in [0.15, 0.2) is 17.6 Å². The maximum absolute atomic E-state index is 13.3. The average Bonchev–Trinajstić information content (AvgIpc) is 2.94. The number of carbonyl (C=O) groups excluding carboxylic acids is 1. The number of fused-ring (bicyclic) bond motifs is 1. The number of carboxylic acid groups (broad SMARTS) is 1. The molecule has 0 saturated heterocycles. The number of methoxy groups -OCH3 is 1. The molecule has 0 saturated carbocycles. The molecule has 0 heterocycles. The molecule has 1 amide bonds. The van der Waals surface area contributed by atoms with Crippen molar-refractivity contribution in [2.45, 2.75) is 25.0 Å². The van der Waals surface area contributed by atoms with E-state index in [0.29, 0.717) is 29.8 Å². The lowest BCUT2D eigenvalue weighted by Gasteiger charge is -2.28. The highest BCUT2D eigenvalue weighted by atomic mass is 16.6. The van der Waals surface area contributed by atoms with Crippen molar-refractivity contribution < 1.29 is 34.0 Å². The lowest BCUT2D eigenvalue weighted by atomic mass is 9.99. The van der Waals surface area contributed by atoms with Crippen molar-refractivity contribution in [1.82, 2.24) is 0 Å². The molecule has 4 rings (SSSR count). The second-order valence-electron chi connectivity index (χ2n) is 8.70. The molecule has 0 aliphatic carbocycles. The Balaban J connectivity index is 1.66. The Morgan fingerprint density at radius 3 is 2.44 bits per heavy atom. The Morgan fingerprint density at radius 2 is 1.69 bits per heavy atom. The van der Waals surface area contributed by atoms with E-state index in [1.807, 2.05) is 54.6 Å². The van der Waals surface area contributed by atoms with Crippen LogP contribution in [0.1, 0.15) is 24.5 Å². The first-order chi connectivity index (χ1) is 18.9. The lowest BCUT2D eigenvalue weighted by molar-refractivity contribution is -0.131. The summed E-state index contributed by atoms with van der Waals surface area (Å²) >= 11 is 0. The van der Waals surface area contributed by atoms with E-state index < -0.39 is 24.3 Å². The number of para-hydroxylation sites is 1. The van der Waals surface area contributed by atoms with Gasteiger partial charge in [-0.2, -0.15) is 0 Å². The Hall–Kier alpha value is -4.98. The number of nitrogens with one attached hydrogen (secondary N) is 1. The van der Waals surface area contributed by atoms with Gasteiger partial charge in [-0.15, -0.1) is 0 Å². The van der Waals surface area contributed by atoms with Gasteiger partial charge in [-0.1, -0.05) is 66.7 Å². The van der Waals surface area contributed by atoms with Gasteiger partial charge in [0.05, 0.1) is 12.8 Å². The number of phenolic OH excluding ortho intramolecular Hbond substituents is 1. The van der Waals surface area contributed by atoms with Crippen molar-refractivity contribution in [3.8, 4) is 17.2 Å². The highest BCUT2D eigenvalue weighted by molar-refractivity contribution is 6.00. The minimum atomic E-state index is -1.06. The molecule has 0 spiro atoms. The summed E-state index contributed by atoms with van der Waals surface area (Å²) in [5, 5.41) is 24.1. The van der Waals surface area contributed by atoms with Crippen molar-refractivity contribution in [3.05, 3.63) is 109 Å². The largest absolute Gasteiger partial charge is 0.504 e. The zero-order valence-corrected chi connectivity index (χ0v) is 21.3. The third kappa shape index (κ3) is 7.29. The monoisotopic (exact) mass is 527 g/mol. The Morgan fingerprint density at radius 1 is 0.949 bits per heavy atom. The first-order valence-electron chi connectivity index (χ1n) is 12.4. The van der Waals surface area contributed by atoms with E-state index in [1.54, 1.807) is 30.3 Å². The topological polar surface area (TPSA) is 114 Å². The second-order valence-corrected chi connectivity index (χ2v) is 8.70. The quantitative estimate of drug-likeness (QED) is 0.186. The zero-order chi connectivity index (χ0) is 27.6. The number of aromatic hydroxyl groups is 1. The van der Waals surface area contributed by atoms with Gasteiger partial charge in [0.25, 0.3) is 0 Å². The van der Waals surface area contributed by atoms with E-state index in [0.717, 1.165) is 16.8 Å². The third-order valence-electron chi connectivity index (χ3n) is 6.04. The number of anilines is 1. The summed E-state index contributed by atoms with van der Waals surface area (Å²) in [4.78, 5) is 24.2. The van der Waals surface area contributed by atoms with Gasteiger partial charge < -0.3 is 24.4 Å². The molecule has 8 heteroatoms. The van der Waals surface area contributed by atoms with E-state index in [-0.39, 0.29) is 11.5 Å². The fourth-order valence-electron chi connectivity index (χ4n) is 4.22. The van der Waals surface area contributed by atoms with E-state index in [1.165, 1.54) is 19.3 Å². The van der Waals surface area contributed by atoms with Crippen LogP contribution in [0.5, 0.6) is 17.2 Å². The zero-order valence-electron chi connectivity index (χ0n) is 21.3. The lowest BCUT2D eigenvalue weighted by Crippen LogP contribution is -2.31. The highest BCUT2D eigenvalue weighted by Gasteiger charge is 2.30. The molecule has 0 aliphatic heterocycles. The summed E-state index contributed by atoms with van der Waals surface area (Å²) in [7, 11) is 1.44. The fourth-order valence-corrected chi connectivity index (χ4v) is 4.22. The van der Waals surface area contributed by atoms with E-state index in [9.17, 15) is 14.7 Å². The number of hydrogen-bond acceptors (Lipinski definition) is 6. The molecule has 0 aromatic heterocycles. The van der Waals surface area contributed by atoms with Gasteiger partial charge in [0, 0.05) is 17.0 Å². The first-order valence-corrected chi connectivity index (χ1v) is 12.4.